The van der Waals surface area contributed by atoms with Crippen LogP contribution in [0.1, 0.15) is 55.0 Å². The van der Waals surface area contributed by atoms with Crippen molar-refractivity contribution in [1.82, 2.24) is 5.32 Å². The normalized spacial score (nSPS) is 13.9. The van der Waals surface area contributed by atoms with Gasteiger partial charge in [-0.15, -0.1) is 0 Å². The second-order valence-corrected chi connectivity index (χ2v) is 7.44. The predicted molar refractivity (Wildman–Crippen MR) is 112 cm³/mol. The van der Waals surface area contributed by atoms with Crippen molar-refractivity contribution in [1.29, 1.82) is 0 Å². The van der Waals surface area contributed by atoms with Crippen LogP contribution in [0.5, 0.6) is 5.75 Å². The summed E-state index contributed by atoms with van der Waals surface area (Å²) in [6, 6.07) is 13.6. The summed E-state index contributed by atoms with van der Waals surface area (Å²) >= 11 is 0. The van der Waals surface area contributed by atoms with E-state index in [9.17, 15) is 9.59 Å². The first kappa shape index (κ1) is 20.9. The molecule has 0 heterocycles. The molecule has 5 heteroatoms. The zero-order valence-electron chi connectivity index (χ0n) is 17.2. The summed E-state index contributed by atoms with van der Waals surface area (Å²) in [4.78, 5) is 24.2. The molecule has 1 N–H and O–H groups in total. The average molecular weight is 395 g/mol. The molecule has 0 radical (unpaired) electrons. The van der Waals surface area contributed by atoms with Gasteiger partial charge >= 0.3 is 5.97 Å². The molecule has 1 amide bonds. The van der Waals surface area contributed by atoms with Gasteiger partial charge in [0.05, 0.1) is 19.1 Å². The second kappa shape index (κ2) is 10.1. The first-order chi connectivity index (χ1) is 14.0. The predicted octanol–water partition coefficient (Wildman–Crippen LogP) is 3.93. The Kier molecular flexibility index (Phi) is 7.28. The van der Waals surface area contributed by atoms with Gasteiger partial charge in [0, 0.05) is 0 Å². The second-order valence-electron chi connectivity index (χ2n) is 7.44. The van der Waals surface area contributed by atoms with Gasteiger partial charge in [-0.2, -0.15) is 0 Å². The Morgan fingerprint density at radius 2 is 1.76 bits per heavy atom. The molecule has 0 fully saturated rings. The molecule has 0 bridgehead atoms. The molecule has 2 aromatic carbocycles. The van der Waals surface area contributed by atoms with E-state index in [-0.39, 0.29) is 25.0 Å². The van der Waals surface area contributed by atoms with Gasteiger partial charge in [-0.3, -0.25) is 9.59 Å². The Labute approximate surface area is 172 Å². The fourth-order valence-electron chi connectivity index (χ4n) is 3.62. The minimum absolute atomic E-state index is 0.125. The molecule has 0 saturated carbocycles. The van der Waals surface area contributed by atoms with Crippen molar-refractivity contribution in [2.75, 3.05) is 13.2 Å². The molecule has 29 heavy (non-hydrogen) atoms. The zero-order valence-corrected chi connectivity index (χ0v) is 17.2. The van der Waals surface area contributed by atoms with Crippen LogP contribution in [0.2, 0.25) is 0 Å². The lowest BCUT2D eigenvalue weighted by Gasteiger charge is -2.20. The summed E-state index contributed by atoms with van der Waals surface area (Å²) in [7, 11) is 0. The lowest BCUT2D eigenvalue weighted by Crippen LogP contribution is -2.31. The van der Waals surface area contributed by atoms with Gasteiger partial charge < -0.3 is 14.8 Å². The van der Waals surface area contributed by atoms with Crippen molar-refractivity contribution in [2.45, 2.75) is 52.0 Å². The summed E-state index contributed by atoms with van der Waals surface area (Å²) in [5.74, 6) is 0.0427. The van der Waals surface area contributed by atoms with Crippen molar-refractivity contribution in [2.24, 2.45) is 0 Å². The summed E-state index contributed by atoms with van der Waals surface area (Å²) < 4.78 is 10.5. The van der Waals surface area contributed by atoms with Crippen LogP contribution in [-0.2, 0) is 33.6 Å². The Hall–Kier alpha value is -2.82. The van der Waals surface area contributed by atoms with Gasteiger partial charge in [-0.05, 0) is 73.9 Å². The molecule has 0 saturated heterocycles. The highest BCUT2D eigenvalue weighted by atomic mass is 16.5. The number of carbonyl (C=O) groups excluding carboxylic acids is 2. The van der Waals surface area contributed by atoms with Crippen LogP contribution in [0.4, 0.5) is 0 Å². The van der Waals surface area contributed by atoms with Crippen LogP contribution in [0.15, 0.2) is 42.5 Å². The van der Waals surface area contributed by atoms with Gasteiger partial charge in [0.15, 0.2) is 6.61 Å². The topological polar surface area (TPSA) is 64.6 Å². The van der Waals surface area contributed by atoms with Crippen LogP contribution < -0.4 is 10.1 Å². The molecule has 154 valence electrons. The first-order valence-electron chi connectivity index (χ1n) is 10.3. The summed E-state index contributed by atoms with van der Waals surface area (Å²) in [5, 5.41) is 2.91. The van der Waals surface area contributed by atoms with Crippen LogP contribution in [0.25, 0.3) is 0 Å². The molecule has 0 aliphatic heterocycles. The molecule has 1 atom stereocenters. The summed E-state index contributed by atoms with van der Waals surface area (Å²) in [5.41, 5.74) is 4.71. The van der Waals surface area contributed by atoms with E-state index in [0.717, 1.165) is 29.7 Å². The number of amides is 1. The quantitative estimate of drug-likeness (QED) is 0.688. The molecule has 5 nitrogen and oxygen atoms in total. The fraction of sp³-hybridized carbons (Fsp3) is 0.417. The van der Waals surface area contributed by atoms with E-state index in [1.807, 2.05) is 38.1 Å². The smallest absolute Gasteiger partial charge is 0.310 e. The van der Waals surface area contributed by atoms with Crippen molar-refractivity contribution in [3.63, 3.8) is 0 Å². The number of esters is 1. The third kappa shape index (κ3) is 6.08. The van der Waals surface area contributed by atoms with Crippen molar-refractivity contribution >= 4 is 11.9 Å². The monoisotopic (exact) mass is 395 g/mol. The fourth-order valence-corrected chi connectivity index (χ4v) is 3.62. The third-order valence-corrected chi connectivity index (χ3v) is 5.20. The van der Waals surface area contributed by atoms with Gasteiger partial charge in [0.2, 0.25) is 0 Å². The highest BCUT2D eigenvalue weighted by molar-refractivity contribution is 5.81. The van der Waals surface area contributed by atoms with Crippen molar-refractivity contribution < 1.29 is 19.1 Å². The average Bonchev–Trinajstić information content (AvgIpc) is 2.73. The van der Waals surface area contributed by atoms with Crippen molar-refractivity contribution in [3.05, 3.63) is 64.7 Å². The van der Waals surface area contributed by atoms with Gasteiger partial charge in [0.25, 0.3) is 5.91 Å². The number of nitrogens with one attached hydrogen (secondary N) is 1. The summed E-state index contributed by atoms with van der Waals surface area (Å²) in [6.07, 6.45) is 4.84. The number of aryl methyl sites for hydroxylation is 2. The van der Waals surface area contributed by atoms with Crippen LogP contribution in [0.3, 0.4) is 0 Å². The highest BCUT2D eigenvalue weighted by Gasteiger charge is 2.15. The molecule has 2 aromatic rings. The van der Waals surface area contributed by atoms with Gasteiger partial charge in [0.1, 0.15) is 5.75 Å². The largest absolute Gasteiger partial charge is 0.494 e. The Morgan fingerprint density at radius 3 is 2.48 bits per heavy atom. The molecule has 0 aromatic heterocycles. The number of ether oxygens (including phenoxy) is 2. The van der Waals surface area contributed by atoms with Crippen LogP contribution >= 0.6 is 0 Å². The third-order valence-electron chi connectivity index (χ3n) is 5.20. The van der Waals surface area contributed by atoms with Crippen LogP contribution in [0, 0.1) is 0 Å². The standard InChI is InChI=1S/C24H29NO4/c1-3-28-22-12-8-18(9-13-22)14-24(27)29-16-23(26)25-17(2)20-11-10-19-6-4-5-7-21(19)15-20/h8-13,15,17H,3-7,14,16H2,1-2H3,(H,25,26). The maximum Gasteiger partial charge on any atom is 0.310 e. The Bertz CT molecular complexity index is 844. The Balaban J connectivity index is 1.44. The van der Waals surface area contributed by atoms with E-state index >= 15 is 0 Å². The van der Waals surface area contributed by atoms with E-state index in [1.54, 1.807) is 0 Å². The molecule has 1 aliphatic rings. The molecule has 1 aliphatic carbocycles. The number of benzene rings is 2. The van der Waals surface area contributed by atoms with E-state index < -0.39 is 5.97 Å². The number of fused-ring (bicyclic) bond motifs is 1. The minimum atomic E-state index is -0.425. The number of hydrogen-bond donors (Lipinski definition) is 1. The lowest BCUT2D eigenvalue weighted by atomic mass is 9.89. The van der Waals surface area contributed by atoms with Crippen LogP contribution in [-0.4, -0.2) is 25.1 Å². The maximum atomic E-state index is 12.2. The Morgan fingerprint density at radius 1 is 1.03 bits per heavy atom. The van der Waals surface area contributed by atoms with E-state index in [2.05, 4.69) is 23.5 Å². The molecule has 0 spiro atoms. The minimum Gasteiger partial charge on any atom is -0.494 e. The SMILES string of the molecule is CCOc1ccc(CC(=O)OCC(=O)NC(C)c2ccc3c(c2)CCCC3)cc1. The molecule has 1 unspecified atom stereocenters. The number of rotatable bonds is 8. The number of hydrogen-bond acceptors (Lipinski definition) is 4. The van der Waals surface area contributed by atoms with Gasteiger partial charge in [-0.25, -0.2) is 0 Å². The first-order valence-corrected chi connectivity index (χ1v) is 10.3. The number of carbonyl (C=O) groups is 2. The molecular weight excluding hydrogens is 366 g/mol. The van der Waals surface area contributed by atoms with E-state index in [4.69, 9.17) is 9.47 Å². The lowest BCUT2D eigenvalue weighted by molar-refractivity contribution is -0.148. The highest BCUT2D eigenvalue weighted by Crippen LogP contribution is 2.24. The van der Waals surface area contributed by atoms with Gasteiger partial charge in [-0.1, -0.05) is 30.3 Å². The maximum absolute atomic E-state index is 12.2. The van der Waals surface area contributed by atoms with E-state index in [1.165, 1.54) is 24.0 Å². The van der Waals surface area contributed by atoms with E-state index in [0.29, 0.717) is 6.61 Å². The molecule has 3 rings (SSSR count). The molecular formula is C24H29NO4. The van der Waals surface area contributed by atoms with Crippen molar-refractivity contribution in [3.8, 4) is 5.75 Å². The summed E-state index contributed by atoms with van der Waals surface area (Å²) in [6.45, 7) is 4.19. The zero-order chi connectivity index (χ0) is 20.6.